The van der Waals surface area contributed by atoms with Gasteiger partial charge in [0.05, 0.1) is 106 Å². The number of cyclic esters (lactones) is 1. The number of halogens is 1. The maximum Gasteiger partial charge on any atom is 0.407 e. The van der Waals surface area contributed by atoms with Crippen molar-refractivity contribution >= 4 is 135 Å². The van der Waals surface area contributed by atoms with Crippen LogP contribution in [0.4, 0.5) is 14.9 Å². The van der Waals surface area contributed by atoms with E-state index >= 15 is 4.39 Å². The number of anilines is 1. The summed E-state index contributed by atoms with van der Waals surface area (Å²) in [7, 11) is 13.3. The van der Waals surface area contributed by atoms with E-state index in [2.05, 4.69) is 33.5 Å². The second-order valence-corrected chi connectivity index (χ2v) is 38.9. The van der Waals surface area contributed by atoms with Crippen LogP contribution in [0, 0.1) is 25.6 Å². The van der Waals surface area contributed by atoms with Crippen LogP contribution >= 0.6 is 11.8 Å². The topological polar surface area (TPSA) is 477 Å². The number of nitrogens with one attached hydrogen (secondary N) is 5. The van der Waals surface area contributed by atoms with Crippen molar-refractivity contribution in [3.05, 3.63) is 98.4 Å². The van der Waals surface area contributed by atoms with Crippen molar-refractivity contribution in [2.75, 3.05) is 160 Å². The number of fused-ring (bicyclic) bond motifs is 5. The molecule has 3 aliphatic heterocycles. The summed E-state index contributed by atoms with van der Waals surface area (Å²) in [5, 5.41) is 26.0. The van der Waals surface area contributed by atoms with Gasteiger partial charge in [-0.25, -0.2) is 19.0 Å². The van der Waals surface area contributed by atoms with Gasteiger partial charge in [-0.3, -0.25) is 86.4 Å². The number of aryl methyl sites for hydroxylation is 1. The summed E-state index contributed by atoms with van der Waals surface area (Å²) >= 11 is 1.55. The molecule has 0 bridgehead atoms. The summed E-state index contributed by atoms with van der Waals surface area (Å²) in [6.07, 6.45) is 16.1. The molecule has 6 N–H and O–H groups in total. The van der Waals surface area contributed by atoms with Gasteiger partial charge in [0.25, 0.3) is 5.56 Å². The Morgan fingerprint density at radius 2 is 1.08 bits per heavy atom. The van der Waals surface area contributed by atoms with Gasteiger partial charge in [-0.1, -0.05) is 104 Å². The maximum atomic E-state index is 15.7. The Bertz CT molecular complexity index is 5320. The summed E-state index contributed by atoms with van der Waals surface area (Å²) in [6, 6.07) is 6.21. The molecule has 43 heteroatoms. The van der Waals surface area contributed by atoms with Crippen LogP contribution in [0.15, 0.2) is 41.2 Å². The normalized spacial score (nSPS) is 15.2. The summed E-state index contributed by atoms with van der Waals surface area (Å²) < 4.78 is 28.2. The molecular weight excluding hydrogens is 2100 g/mol. The predicted molar refractivity (Wildman–Crippen MR) is 523 cm³/mol. The van der Waals surface area contributed by atoms with Crippen LogP contribution in [0.25, 0.3) is 22.3 Å². The first kappa shape index (κ1) is 115. The molecule has 40 nitrogen and oxygen atoms in total. The fourth-order valence-electron chi connectivity index (χ4n) is 16.9. The number of likely N-dealkylation sites (tertiary alicyclic amines) is 1. The number of hydrogen-bond acceptors (Lipinski definition) is 24. The van der Waals surface area contributed by atoms with Gasteiger partial charge in [0.2, 0.25) is 94.5 Å². The van der Waals surface area contributed by atoms with E-state index in [-0.39, 0.29) is 125 Å². The molecule has 0 spiro atoms. The van der Waals surface area contributed by atoms with Crippen molar-refractivity contribution in [1.82, 2.24) is 84.7 Å². The van der Waals surface area contributed by atoms with Crippen LogP contribution < -0.4 is 32.1 Å². The number of aliphatic hydroxyl groups is 1. The number of aromatic nitrogens is 2. The Morgan fingerprint density at radius 3 is 1.58 bits per heavy atom. The van der Waals surface area contributed by atoms with Crippen LogP contribution in [0.3, 0.4) is 0 Å². The van der Waals surface area contributed by atoms with Crippen molar-refractivity contribution in [2.24, 2.45) is 5.92 Å². The van der Waals surface area contributed by atoms with E-state index in [0.717, 1.165) is 75.5 Å². The number of alkyl carbamates (subject to hydrolysis) is 1. The molecule has 2 aromatic carbocycles. The summed E-state index contributed by atoms with van der Waals surface area (Å²) in [4.78, 5) is 270. The van der Waals surface area contributed by atoms with Gasteiger partial charge in [-0.15, -0.1) is 11.8 Å². The van der Waals surface area contributed by atoms with Crippen LogP contribution in [-0.4, -0.2) is 347 Å². The number of pyridine rings is 2. The molecule has 17 amide bonds. The minimum atomic E-state index is -2.09. The molecule has 2 unspecified atom stereocenters. The Balaban J connectivity index is 0.0000274. The molecular formula is C99H142FN18NoO22S-. The van der Waals surface area contributed by atoms with Gasteiger partial charge in [0.15, 0.2) is 5.60 Å². The van der Waals surface area contributed by atoms with Crippen LogP contribution in [0.5, 0.6) is 0 Å². The molecule has 5 heterocycles. The fraction of sp³-hybridized carbons (Fsp3) is 0.606. The molecule has 8 rings (SSSR count). The molecule has 4 aliphatic rings. The maximum absolute atomic E-state index is 15.7. The number of likely N-dealkylation sites (N-methyl/N-ethyl adjacent to an activating group) is 10. The van der Waals surface area contributed by atoms with Crippen molar-refractivity contribution in [1.29, 1.82) is 0 Å². The average molecular weight is 2250 g/mol. The number of amides is 17. The Labute approximate surface area is 827 Å². The van der Waals surface area contributed by atoms with Gasteiger partial charge in [-0.2, -0.15) is 6.42 Å². The molecule has 1 fully saturated rings. The van der Waals surface area contributed by atoms with Crippen LogP contribution in [-0.2, 0) is 123 Å². The standard InChI is InChI=1S/C99H142FN18O22S.No/c1-17-19-20-21-22-23-24-25-26-27-28-34-45-141-76-48-79(122)117(96(76)135)44-33-29-30-36-77(120)106-91(62(3)4)94(133)104-73(93(132)102-66-39-37-65(38-40-66)60-140-98(137)105-72-42-41-67-63(5)71(100)47-74-89(67)90(72)68-49-118-75(92(68)103-74)46-70-69(95(118)134)61-139-97(136)99(70,138)18-2)35-31-32-43-101-78(121)50-108(8)81(124)52-110(10)83(126)54-112(12)85(128)56-114(14)87(130)58-116(16)88(131)59-115(15)86(129)57-113(13)84(127)55-111(11)82(125)53-109(9)80(123)51-107(7)64(6)119;/h37-40,46-47,62,72-73,76,91,138H,1,17-36,41-45,48-61H2,2-16H3,(H,101,121)(H,102,132)(H,104,133)(H,105,137)(H,106,120);/q-1;/t72?,73-,76?,91-,99-;/m0./s1. The third-order valence-corrected chi connectivity index (χ3v) is 27.5. The van der Waals surface area contributed by atoms with Crippen molar-refractivity contribution in [3.63, 3.8) is 0 Å². The third kappa shape index (κ3) is 32.0. The quantitative estimate of drug-likeness (QED) is 0.0131. The average Bonchev–Trinajstić information content (AvgIpc) is 1.55. The van der Waals surface area contributed by atoms with E-state index in [4.69, 9.17) is 14.5 Å². The summed E-state index contributed by atoms with van der Waals surface area (Å²) in [5.74, 6) is -9.78. The number of imide groups is 1. The number of esters is 1. The predicted octanol–water partition coefficient (Wildman–Crippen LogP) is 4.83. The number of carbonyl (C=O) groups is 18. The van der Waals surface area contributed by atoms with Crippen LogP contribution in [0.1, 0.15) is 214 Å². The third-order valence-electron chi connectivity index (χ3n) is 26.2. The number of benzene rings is 2. The van der Waals surface area contributed by atoms with E-state index in [1.807, 2.05) is 0 Å². The van der Waals surface area contributed by atoms with Gasteiger partial charge in [-0.05, 0) is 117 Å². The number of thioether (sulfide) groups is 1. The van der Waals surface area contributed by atoms with E-state index in [1.54, 1.807) is 69.8 Å². The molecule has 4 aromatic rings. The number of hydrogen-bond donors (Lipinski definition) is 6. The first-order valence-corrected chi connectivity index (χ1v) is 49.5. The number of rotatable bonds is 55. The summed E-state index contributed by atoms with van der Waals surface area (Å²) in [5.41, 5.74) is 1.67. The molecule has 142 heavy (non-hydrogen) atoms. The Kier molecular flexibility index (Phi) is 44.3. The van der Waals surface area contributed by atoms with Crippen LogP contribution in [0.2, 0.25) is 0 Å². The van der Waals surface area contributed by atoms with E-state index in [1.165, 1.54) is 149 Å². The zero-order valence-corrected chi connectivity index (χ0v) is 87.6. The fourth-order valence-corrected chi connectivity index (χ4v) is 18.1. The van der Waals surface area contributed by atoms with Crippen molar-refractivity contribution < 1.29 is 105 Å². The zero-order chi connectivity index (χ0) is 104. The van der Waals surface area contributed by atoms with E-state index < -0.39 is 187 Å². The van der Waals surface area contributed by atoms with Gasteiger partial charge in [0.1, 0.15) is 31.1 Å². The van der Waals surface area contributed by atoms with Gasteiger partial charge < -0.3 is 102 Å². The molecule has 1 saturated heterocycles. The Morgan fingerprint density at radius 1 is 0.599 bits per heavy atom. The molecule has 1 aliphatic carbocycles. The largest absolute Gasteiger partial charge is 0.458 e. The monoisotopic (exact) mass is 2250 g/mol. The number of ether oxygens (including phenoxy) is 2. The minimum absolute atomic E-state index is 0. The second-order valence-electron chi connectivity index (χ2n) is 37.6. The number of unbranched alkanes of at least 4 members (excludes halogenated alkanes) is 14. The smallest absolute Gasteiger partial charge is 0.407 e. The first-order chi connectivity index (χ1) is 66.8. The molecule has 788 valence electrons. The second kappa shape index (κ2) is 54.5. The van der Waals surface area contributed by atoms with Gasteiger partial charge in [0, 0.05) is 132 Å². The van der Waals surface area contributed by atoms with E-state index in [0.29, 0.717) is 76.7 Å². The molecule has 0 saturated carbocycles. The van der Waals surface area contributed by atoms with E-state index in [9.17, 15) is 96.2 Å². The number of carbonyl (C=O) groups excluding carboxylic acids is 18. The van der Waals surface area contributed by atoms with Crippen molar-refractivity contribution in [2.45, 2.75) is 231 Å². The van der Waals surface area contributed by atoms with Crippen molar-refractivity contribution in [3.8, 4) is 11.4 Å². The SMILES string of the molecule is [CH2-]CCCCCCCCCCCCCSC1CC(=O)N(CCCCCC(=O)N[C@H](C(=O)N[C@@H](CCCCNC(=O)CN(C)C(=O)CN(C)C(=O)CN(C)C(=O)CN(C)C(=O)CN(C)C(=O)CN(C)C(=O)CN(C)C(=O)CN(C)C(=O)CN(C)C(=O)CN(C)C(C)=O)C(=O)Nc2ccc(COC(=O)NC3CCc4c(C)c(F)cc5nc6c(c3c45)Cn3c-6cc4c(c3=O)COC(=O)[C@]4(O)CC)cc2)C(C)C)C1=O.[No]. The molecule has 2 aromatic heterocycles. The Hall–Kier alpha value is -13.5. The number of nitrogens with zero attached hydrogens (tertiary/aromatic N) is 13. The molecule has 0 radical (unpaired) electrons. The van der Waals surface area contributed by atoms with Gasteiger partial charge >= 0.3 is 12.1 Å². The molecule has 5 atom stereocenters. The minimum Gasteiger partial charge on any atom is -0.458 e. The summed E-state index contributed by atoms with van der Waals surface area (Å²) in [6.45, 7) is 7.08. The first-order valence-electron chi connectivity index (χ1n) is 48.4. The zero-order valence-electron chi connectivity index (χ0n) is 84.5.